The molecule has 1 N–H and O–H groups in total. The van der Waals surface area contributed by atoms with Crippen LogP contribution in [0.1, 0.15) is 23.0 Å². The van der Waals surface area contributed by atoms with Gasteiger partial charge in [-0.05, 0) is 25.1 Å². The molecule has 0 amide bonds. The molecule has 2 rings (SSSR count). The number of rotatable bonds is 5. The van der Waals surface area contributed by atoms with Gasteiger partial charge in [0.25, 0.3) is 0 Å². The third-order valence-corrected chi connectivity index (χ3v) is 2.70. The van der Waals surface area contributed by atoms with Crippen LogP contribution in [0.2, 0.25) is 0 Å². The molecule has 0 aliphatic carbocycles. The SMILES string of the molecule is CCOC(=O)C(=Cc1ccc[nH]1)C(=O)c1ccccc1. The van der Waals surface area contributed by atoms with E-state index in [9.17, 15) is 9.59 Å². The first-order valence-corrected chi connectivity index (χ1v) is 6.34. The molecular weight excluding hydrogens is 254 g/mol. The van der Waals surface area contributed by atoms with E-state index in [0.717, 1.165) is 0 Å². The molecule has 0 aliphatic heterocycles. The maximum Gasteiger partial charge on any atom is 0.342 e. The molecule has 0 fully saturated rings. The lowest BCUT2D eigenvalue weighted by Gasteiger charge is -2.06. The van der Waals surface area contributed by atoms with Gasteiger partial charge < -0.3 is 9.72 Å². The molecule has 0 aliphatic rings. The van der Waals surface area contributed by atoms with Crippen molar-refractivity contribution in [1.82, 2.24) is 4.98 Å². The van der Waals surface area contributed by atoms with Crippen LogP contribution in [0.25, 0.3) is 6.08 Å². The number of H-pyrrole nitrogens is 1. The van der Waals surface area contributed by atoms with Gasteiger partial charge in [-0.2, -0.15) is 0 Å². The number of aromatic amines is 1. The van der Waals surface area contributed by atoms with E-state index in [1.165, 1.54) is 6.08 Å². The monoisotopic (exact) mass is 269 g/mol. The summed E-state index contributed by atoms with van der Waals surface area (Å²) in [4.78, 5) is 27.3. The van der Waals surface area contributed by atoms with Gasteiger partial charge in [-0.15, -0.1) is 0 Å². The number of hydrogen-bond acceptors (Lipinski definition) is 3. The fourth-order valence-electron chi connectivity index (χ4n) is 1.76. The van der Waals surface area contributed by atoms with Crippen molar-refractivity contribution in [2.24, 2.45) is 0 Å². The largest absolute Gasteiger partial charge is 0.462 e. The quantitative estimate of drug-likeness (QED) is 0.298. The second-order valence-electron chi connectivity index (χ2n) is 4.10. The highest BCUT2D eigenvalue weighted by molar-refractivity contribution is 6.26. The van der Waals surface area contributed by atoms with Crippen LogP contribution < -0.4 is 0 Å². The number of carbonyl (C=O) groups excluding carboxylic acids is 2. The minimum absolute atomic E-state index is 0.0144. The van der Waals surface area contributed by atoms with E-state index >= 15 is 0 Å². The summed E-state index contributed by atoms with van der Waals surface area (Å²) in [6.07, 6.45) is 3.23. The van der Waals surface area contributed by atoms with E-state index in [1.807, 2.05) is 6.07 Å². The second-order valence-corrected chi connectivity index (χ2v) is 4.10. The highest BCUT2D eigenvalue weighted by atomic mass is 16.5. The van der Waals surface area contributed by atoms with Crippen LogP contribution in [0.5, 0.6) is 0 Å². The Balaban J connectivity index is 2.37. The summed E-state index contributed by atoms with van der Waals surface area (Å²) in [5, 5.41) is 0. The Kier molecular flexibility index (Phi) is 4.50. The zero-order chi connectivity index (χ0) is 14.4. The van der Waals surface area contributed by atoms with Gasteiger partial charge in [0.2, 0.25) is 0 Å². The molecule has 1 heterocycles. The molecule has 0 radical (unpaired) electrons. The number of hydrogen-bond donors (Lipinski definition) is 1. The van der Waals surface area contributed by atoms with Crippen LogP contribution in [-0.2, 0) is 9.53 Å². The molecule has 1 aromatic carbocycles. The predicted molar refractivity (Wildman–Crippen MR) is 76.2 cm³/mol. The van der Waals surface area contributed by atoms with Crippen LogP contribution in [0.15, 0.2) is 54.2 Å². The van der Waals surface area contributed by atoms with Crippen LogP contribution in [0, 0.1) is 0 Å². The van der Waals surface area contributed by atoms with Crippen molar-refractivity contribution in [3.8, 4) is 0 Å². The molecule has 0 spiro atoms. The topological polar surface area (TPSA) is 59.2 Å². The molecule has 0 saturated carbocycles. The number of benzene rings is 1. The zero-order valence-electron chi connectivity index (χ0n) is 11.1. The predicted octanol–water partition coefficient (Wildman–Crippen LogP) is 2.84. The van der Waals surface area contributed by atoms with E-state index in [4.69, 9.17) is 4.74 Å². The summed E-state index contributed by atoms with van der Waals surface area (Å²) >= 11 is 0. The fourth-order valence-corrected chi connectivity index (χ4v) is 1.76. The zero-order valence-corrected chi connectivity index (χ0v) is 11.1. The molecule has 0 atom stereocenters. The molecule has 0 unspecified atom stereocenters. The lowest BCUT2D eigenvalue weighted by Crippen LogP contribution is -2.16. The van der Waals surface area contributed by atoms with Gasteiger partial charge >= 0.3 is 5.97 Å². The molecule has 1 aromatic heterocycles. The van der Waals surface area contributed by atoms with Gasteiger partial charge in [0.15, 0.2) is 5.78 Å². The van der Waals surface area contributed by atoms with Crippen molar-refractivity contribution in [1.29, 1.82) is 0 Å². The Bertz CT molecular complexity index is 612. The Morgan fingerprint density at radius 3 is 2.50 bits per heavy atom. The lowest BCUT2D eigenvalue weighted by atomic mass is 10.0. The van der Waals surface area contributed by atoms with Gasteiger partial charge in [0.05, 0.1) is 6.61 Å². The standard InChI is InChI=1S/C16H15NO3/c1-2-20-16(19)14(11-13-9-6-10-17-13)15(18)12-7-4-3-5-8-12/h3-11,17H,2H2,1H3. The first-order valence-electron chi connectivity index (χ1n) is 6.34. The third kappa shape index (κ3) is 3.23. The number of Topliss-reactive ketones (excluding diaryl/α,β-unsaturated/α-hetero) is 1. The van der Waals surface area contributed by atoms with Crippen LogP contribution in [-0.4, -0.2) is 23.3 Å². The summed E-state index contributed by atoms with van der Waals surface area (Å²) in [6, 6.07) is 12.2. The molecule has 4 heteroatoms. The number of esters is 1. The summed E-state index contributed by atoms with van der Waals surface area (Å²) in [5.41, 5.74) is 1.15. The van der Waals surface area contributed by atoms with Crippen molar-refractivity contribution in [2.75, 3.05) is 6.61 Å². The van der Waals surface area contributed by atoms with Gasteiger partial charge in [0, 0.05) is 17.5 Å². The van der Waals surface area contributed by atoms with Crippen molar-refractivity contribution < 1.29 is 14.3 Å². The van der Waals surface area contributed by atoms with E-state index in [-0.39, 0.29) is 18.0 Å². The Labute approximate surface area is 117 Å². The minimum Gasteiger partial charge on any atom is -0.462 e. The molecule has 0 saturated heterocycles. The van der Waals surface area contributed by atoms with Crippen molar-refractivity contribution in [2.45, 2.75) is 6.92 Å². The summed E-state index contributed by atoms with van der Waals surface area (Å²) < 4.78 is 4.95. The third-order valence-electron chi connectivity index (χ3n) is 2.70. The Morgan fingerprint density at radius 1 is 1.15 bits per heavy atom. The molecule has 2 aromatic rings. The van der Waals surface area contributed by atoms with Crippen molar-refractivity contribution in [3.63, 3.8) is 0 Å². The Hall–Kier alpha value is -2.62. The maximum absolute atomic E-state index is 12.4. The summed E-state index contributed by atoms with van der Waals surface area (Å²) in [5.74, 6) is -0.963. The highest BCUT2D eigenvalue weighted by Gasteiger charge is 2.21. The number of carbonyl (C=O) groups is 2. The van der Waals surface area contributed by atoms with E-state index in [2.05, 4.69) is 4.98 Å². The highest BCUT2D eigenvalue weighted by Crippen LogP contribution is 2.13. The smallest absolute Gasteiger partial charge is 0.342 e. The second kappa shape index (κ2) is 6.52. The first-order chi connectivity index (χ1) is 9.72. The van der Waals surface area contributed by atoms with Crippen molar-refractivity contribution in [3.05, 3.63) is 65.5 Å². The van der Waals surface area contributed by atoms with Crippen LogP contribution in [0.4, 0.5) is 0 Å². The molecule has 0 bridgehead atoms. The molecule has 102 valence electrons. The maximum atomic E-state index is 12.4. The van der Waals surface area contributed by atoms with Crippen LogP contribution >= 0.6 is 0 Å². The fraction of sp³-hybridized carbons (Fsp3) is 0.125. The molecule has 20 heavy (non-hydrogen) atoms. The van der Waals surface area contributed by atoms with E-state index in [0.29, 0.717) is 11.3 Å². The number of nitrogens with one attached hydrogen (secondary N) is 1. The Morgan fingerprint density at radius 2 is 1.90 bits per heavy atom. The van der Waals surface area contributed by atoms with E-state index < -0.39 is 5.97 Å². The average Bonchev–Trinajstić information content (AvgIpc) is 2.98. The van der Waals surface area contributed by atoms with E-state index in [1.54, 1.807) is 49.5 Å². The first kappa shape index (κ1) is 13.8. The summed E-state index contributed by atoms with van der Waals surface area (Å²) in [6.45, 7) is 1.93. The normalized spacial score (nSPS) is 11.2. The molecular formula is C16H15NO3. The summed E-state index contributed by atoms with van der Waals surface area (Å²) in [7, 11) is 0. The number of aromatic nitrogens is 1. The van der Waals surface area contributed by atoms with Gasteiger partial charge in [-0.25, -0.2) is 4.79 Å². The number of ketones is 1. The van der Waals surface area contributed by atoms with Crippen LogP contribution in [0.3, 0.4) is 0 Å². The number of ether oxygens (including phenoxy) is 1. The average molecular weight is 269 g/mol. The minimum atomic E-state index is -0.615. The molecule has 4 nitrogen and oxygen atoms in total. The van der Waals surface area contributed by atoms with Gasteiger partial charge in [0.1, 0.15) is 5.57 Å². The van der Waals surface area contributed by atoms with Crippen molar-refractivity contribution >= 4 is 17.8 Å². The lowest BCUT2D eigenvalue weighted by molar-refractivity contribution is -0.137. The van der Waals surface area contributed by atoms with Gasteiger partial charge in [-0.3, -0.25) is 4.79 Å². The van der Waals surface area contributed by atoms with Gasteiger partial charge in [-0.1, -0.05) is 30.3 Å².